The third-order valence-corrected chi connectivity index (χ3v) is 6.70. The van der Waals surface area contributed by atoms with E-state index in [9.17, 15) is 17.6 Å². The van der Waals surface area contributed by atoms with Gasteiger partial charge in [0.25, 0.3) is 5.91 Å². The van der Waals surface area contributed by atoms with Crippen LogP contribution < -0.4 is 5.73 Å². The van der Waals surface area contributed by atoms with Crippen molar-refractivity contribution >= 4 is 33.2 Å². The van der Waals surface area contributed by atoms with E-state index in [0.717, 1.165) is 6.07 Å². The summed E-state index contributed by atoms with van der Waals surface area (Å²) in [5.74, 6) is -0.169. The molecule has 1 aliphatic heterocycles. The van der Waals surface area contributed by atoms with Gasteiger partial charge in [-0.2, -0.15) is 11.8 Å². The van der Waals surface area contributed by atoms with E-state index in [1.807, 2.05) is 0 Å². The Hall–Kier alpha value is -1.28. The number of hydrogen-bond acceptors (Lipinski definition) is 5. The summed E-state index contributed by atoms with van der Waals surface area (Å²) in [7, 11) is -3.40. The number of amides is 1. The highest BCUT2D eigenvalue weighted by Crippen LogP contribution is 2.25. The summed E-state index contributed by atoms with van der Waals surface area (Å²) in [5, 5.41) is -0.878. The van der Waals surface area contributed by atoms with Gasteiger partial charge in [-0.15, -0.1) is 0 Å². The normalized spacial score (nSPS) is 19.5. The molecule has 8 heteroatoms. The lowest BCUT2D eigenvalue weighted by Gasteiger charge is -2.35. The van der Waals surface area contributed by atoms with Crippen LogP contribution in [0.25, 0.3) is 0 Å². The highest BCUT2D eigenvalue weighted by Gasteiger charge is 2.36. The molecule has 0 radical (unpaired) electrons. The first-order chi connectivity index (χ1) is 9.86. The van der Waals surface area contributed by atoms with Crippen molar-refractivity contribution < 1.29 is 17.6 Å². The van der Waals surface area contributed by atoms with E-state index in [-0.39, 0.29) is 17.0 Å². The maximum atomic E-state index is 13.3. The topological polar surface area (TPSA) is 80.5 Å². The molecule has 2 rings (SSSR count). The standard InChI is InChI=1S/C13H17FN2O3S2/c1-2-21(18,19)12-8-20-6-5-16(12)13(17)10-7-9(14)3-4-11(10)15/h3-4,7,12H,2,5-6,8,15H2,1H3. The number of anilines is 1. The predicted molar refractivity (Wildman–Crippen MR) is 82.4 cm³/mol. The Morgan fingerprint density at radius 2 is 2.24 bits per heavy atom. The molecule has 1 unspecified atom stereocenters. The number of rotatable bonds is 3. The highest BCUT2D eigenvalue weighted by atomic mass is 32.2. The van der Waals surface area contributed by atoms with Crippen LogP contribution in [0, 0.1) is 5.82 Å². The van der Waals surface area contributed by atoms with Crippen LogP contribution in [0.1, 0.15) is 17.3 Å². The summed E-state index contributed by atoms with van der Waals surface area (Å²) in [5.41, 5.74) is 5.87. The van der Waals surface area contributed by atoms with Gasteiger partial charge in [0.15, 0.2) is 9.84 Å². The maximum Gasteiger partial charge on any atom is 0.257 e. The second-order valence-electron chi connectivity index (χ2n) is 4.71. The first kappa shape index (κ1) is 16.1. The lowest BCUT2D eigenvalue weighted by atomic mass is 10.1. The zero-order valence-electron chi connectivity index (χ0n) is 11.6. The number of carbonyl (C=O) groups excluding carboxylic acids is 1. The van der Waals surface area contributed by atoms with E-state index in [1.54, 1.807) is 6.92 Å². The van der Waals surface area contributed by atoms with Crippen LogP contribution in [0.15, 0.2) is 18.2 Å². The zero-order valence-corrected chi connectivity index (χ0v) is 13.2. The Balaban J connectivity index is 2.37. The third-order valence-electron chi connectivity index (χ3n) is 3.41. The van der Waals surface area contributed by atoms with Crippen molar-refractivity contribution in [3.63, 3.8) is 0 Å². The zero-order chi connectivity index (χ0) is 15.6. The van der Waals surface area contributed by atoms with E-state index in [0.29, 0.717) is 18.1 Å². The first-order valence-electron chi connectivity index (χ1n) is 6.52. The average molecular weight is 332 g/mol. The molecule has 1 aromatic carbocycles. The quantitative estimate of drug-likeness (QED) is 0.845. The van der Waals surface area contributed by atoms with Gasteiger partial charge in [0.1, 0.15) is 11.2 Å². The van der Waals surface area contributed by atoms with Crippen LogP contribution in [-0.4, -0.2) is 48.4 Å². The van der Waals surface area contributed by atoms with E-state index >= 15 is 0 Å². The van der Waals surface area contributed by atoms with Crippen LogP contribution in [0.2, 0.25) is 0 Å². The molecule has 1 saturated heterocycles. The largest absolute Gasteiger partial charge is 0.398 e. The molecule has 1 fully saturated rings. The molecule has 0 aromatic heterocycles. The minimum Gasteiger partial charge on any atom is -0.398 e. The summed E-state index contributed by atoms with van der Waals surface area (Å²) < 4.78 is 37.6. The van der Waals surface area contributed by atoms with Crippen LogP contribution >= 0.6 is 11.8 Å². The van der Waals surface area contributed by atoms with Gasteiger partial charge in [-0.25, -0.2) is 12.8 Å². The summed E-state index contributed by atoms with van der Waals surface area (Å²) in [6, 6.07) is 3.53. The van der Waals surface area contributed by atoms with Gasteiger partial charge in [-0.3, -0.25) is 4.79 Å². The van der Waals surface area contributed by atoms with Crippen LogP contribution in [0.4, 0.5) is 10.1 Å². The molecule has 116 valence electrons. The van der Waals surface area contributed by atoms with Gasteiger partial charge in [-0.05, 0) is 18.2 Å². The molecule has 0 saturated carbocycles. The van der Waals surface area contributed by atoms with E-state index < -0.39 is 26.9 Å². The van der Waals surface area contributed by atoms with Crippen molar-refractivity contribution in [2.75, 3.05) is 29.5 Å². The van der Waals surface area contributed by atoms with Gasteiger partial charge in [0.2, 0.25) is 0 Å². The lowest BCUT2D eigenvalue weighted by molar-refractivity contribution is 0.0750. The second kappa shape index (κ2) is 6.23. The number of nitrogens with zero attached hydrogens (tertiary/aromatic N) is 1. The minimum absolute atomic E-state index is 0.0122. The number of hydrogen-bond donors (Lipinski definition) is 1. The first-order valence-corrected chi connectivity index (χ1v) is 9.39. The summed E-state index contributed by atoms with van der Waals surface area (Å²) in [4.78, 5) is 13.8. The fraction of sp³-hybridized carbons (Fsp3) is 0.462. The van der Waals surface area contributed by atoms with E-state index in [1.165, 1.54) is 28.8 Å². The monoisotopic (exact) mass is 332 g/mol. The van der Waals surface area contributed by atoms with Crippen LogP contribution in [0.5, 0.6) is 0 Å². The van der Waals surface area contributed by atoms with Gasteiger partial charge in [0.05, 0.1) is 5.56 Å². The van der Waals surface area contributed by atoms with Crippen molar-refractivity contribution in [2.45, 2.75) is 12.3 Å². The summed E-state index contributed by atoms with van der Waals surface area (Å²) in [6.45, 7) is 1.86. The van der Waals surface area contributed by atoms with E-state index in [4.69, 9.17) is 5.73 Å². The van der Waals surface area contributed by atoms with Crippen molar-refractivity contribution in [2.24, 2.45) is 0 Å². The smallest absolute Gasteiger partial charge is 0.257 e. The fourth-order valence-electron chi connectivity index (χ4n) is 2.17. The van der Waals surface area contributed by atoms with Crippen molar-refractivity contribution in [1.29, 1.82) is 0 Å². The number of halogens is 1. The molecule has 0 bridgehead atoms. The SMILES string of the molecule is CCS(=O)(=O)C1CSCCN1C(=O)c1cc(F)ccc1N. The molecule has 2 N–H and O–H groups in total. The minimum atomic E-state index is -3.40. The number of thioether (sulfide) groups is 1. The van der Waals surface area contributed by atoms with Crippen LogP contribution in [-0.2, 0) is 9.84 Å². The number of sulfone groups is 1. The fourth-order valence-corrected chi connectivity index (χ4v) is 5.14. The van der Waals surface area contributed by atoms with Gasteiger partial charge < -0.3 is 10.6 Å². The van der Waals surface area contributed by atoms with Crippen molar-refractivity contribution in [3.05, 3.63) is 29.6 Å². The third kappa shape index (κ3) is 3.32. The maximum absolute atomic E-state index is 13.3. The Morgan fingerprint density at radius 1 is 1.52 bits per heavy atom. The summed E-state index contributed by atoms with van der Waals surface area (Å²) in [6.07, 6.45) is 0. The van der Waals surface area contributed by atoms with Crippen molar-refractivity contribution in [3.8, 4) is 0 Å². The number of benzene rings is 1. The molecular formula is C13H17FN2O3S2. The van der Waals surface area contributed by atoms with Crippen molar-refractivity contribution in [1.82, 2.24) is 4.90 Å². The molecule has 1 aliphatic rings. The number of carbonyl (C=O) groups is 1. The Morgan fingerprint density at radius 3 is 2.90 bits per heavy atom. The average Bonchev–Trinajstić information content (AvgIpc) is 2.49. The number of nitrogens with two attached hydrogens (primary N) is 1. The molecular weight excluding hydrogens is 315 g/mol. The second-order valence-corrected chi connectivity index (χ2v) is 8.31. The van der Waals surface area contributed by atoms with Gasteiger partial charge >= 0.3 is 0 Å². The molecule has 1 heterocycles. The van der Waals surface area contributed by atoms with Crippen LogP contribution in [0.3, 0.4) is 0 Å². The predicted octanol–water partition coefficient (Wildman–Crippen LogP) is 1.36. The summed E-state index contributed by atoms with van der Waals surface area (Å²) >= 11 is 1.49. The molecule has 5 nitrogen and oxygen atoms in total. The molecule has 1 amide bonds. The Bertz CT molecular complexity index is 649. The Labute approximate surface area is 127 Å². The lowest BCUT2D eigenvalue weighted by Crippen LogP contribution is -2.50. The molecule has 1 aromatic rings. The number of nitrogen functional groups attached to an aromatic ring is 1. The van der Waals surface area contributed by atoms with E-state index in [2.05, 4.69) is 0 Å². The van der Waals surface area contributed by atoms with Gasteiger partial charge in [0, 0.05) is 29.5 Å². The molecule has 21 heavy (non-hydrogen) atoms. The Kier molecular flexibility index (Phi) is 4.77. The molecule has 1 atom stereocenters. The van der Waals surface area contributed by atoms with Gasteiger partial charge in [-0.1, -0.05) is 6.92 Å². The molecule has 0 aliphatic carbocycles. The molecule has 0 spiro atoms. The highest BCUT2D eigenvalue weighted by molar-refractivity contribution is 8.01.